The van der Waals surface area contributed by atoms with Crippen LogP contribution in [0.3, 0.4) is 0 Å². The first-order valence-electron chi connectivity index (χ1n) is 4.65. The van der Waals surface area contributed by atoms with Gasteiger partial charge >= 0.3 is 5.97 Å². The van der Waals surface area contributed by atoms with Gasteiger partial charge in [0.05, 0.1) is 12.7 Å². The van der Waals surface area contributed by atoms with Crippen molar-refractivity contribution in [2.24, 2.45) is 0 Å². The third-order valence-corrected chi connectivity index (χ3v) is 1.74. The summed E-state index contributed by atoms with van der Waals surface area (Å²) >= 11 is 0. The summed E-state index contributed by atoms with van der Waals surface area (Å²) in [5.74, 6) is -0.186. The van der Waals surface area contributed by atoms with Crippen LogP contribution >= 0.6 is 0 Å². The normalized spacial score (nSPS) is 27.5. The summed E-state index contributed by atoms with van der Waals surface area (Å²) in [6.07, 6.45) is 1.01. The van der Waals surface area contributed by atoms with E-state index in [1.165, 1.54) is 0 Å². The summed E-state index contributed by atoms with van der Waals surface area (Å²) in [5.41, 5.74) is 0. The highest BCUT2D eigenvalue weighted by atomic mass is 16.7. The van der Waals surface area contributed by atoms with E-state index in [2.05, 4.69) is 0 Å². The molecule has 0 aliphatic carbocycles. The second-order valence-corrected chi connectivity index (χ2v) is 3.14. The molecular formula is C9H16O4. The van der Waals surface area contributed by atoms with E-state index in [9.17, 15) is 4.79 Å². The fraction of sp³-hybridized carbons (Fsp3) is 0.889. The van der Waals surface area contributed by atoms with E-state index in [4.69, 9.17) is 14.2 Å². The van der Waals surface area contributed by atoms with Crippen LogP contribution in [-0.2, 0) is 19.0 Å². The highest BCUT2D eigenvalue weighted by Crippen LogP contribution is 2.11. The second kappa shape index (κ2) is 5.19. The van der Waals surface area contributed by atoms with E-state index in [-0.39, 0.29) is 25.0 Å². The molecule has 0 aromatic heterocycles. The number of hydrogen-bond acceptors (Lipinski definition) is 4. The van der Waals surface area contributed by atoms with Gasteiger partial charge in [-0.3, -0.25) is 4.79 Å². The highest BCUT2D eigenvalue weighted by Gasteiger charge is 2.23. The molecule has 0 bridgehead atoms. The van der Waals surface area contributed by atoms with Gasteiger partial charge in [0.15, 0.2) is 6.29 Å². The number of hydrogen-bond donors (Lipinski definition) is 0. The first kappa shape index (κ1) is 10.5. The maximum Gasteiger partial charge on any atom is 0.305 e. The molecule has 76 valence electrons. The monoisotopic (exact) mass is 188 g/mol. The minimum Gasteiger partial charge on any atom is -0.460 e. The van der Waals surface area contributed by atoms with Gasteiger partial charge in [-0.05, 0) is 13.3 Å². The minimum absolute atomic E-state index is 0.106. The van der Waals surface area contributed by atoms with Crippen molar-refractivity contribution in [3.63, 3.8) is 0 Å². The Hall–Kier alpha value is -0.610. The van der Waals surface area contributed by atoms with E-state index < -0.39 is 0 Å². The molecule has 1 aliphatic rings. The van der Waals surface area contributed by atoms with E-state index in [1.54, 1.807) is 0 Å². The Morgan fingerprint density at radius 2 is 2.38 bits per heavy atom. The molecule has 0 aromatic rings. The zero-order chi connectivity index (χ0) is 9.68. The van der Waals surface area contributed by atoms with Gasteiger partial charge in [-0.25, -0.2) is 0 Å². The van der Waals surface area contributed by atoms with Crippen molar-refractivity contribution in [2.45, 2.75) is 39.1 Å². The molecule has 1 aliphatic heterocycles. The van der Waals surface area contributed by atoms with Gasteiger partial charge < -0.3 is 14.2 Å². The van der Waals surface area contributed by atoms with E-state index >= 15 is 0 Å². The molecule has 2 atom stereocenters. The predicted octanol–water partition coefficient (Wildman–Crippen LogP) is 1.09. The van der Waals surface area contributed by atoms with E-state index in [0.29, 0.717) is 13.0 Å². The third kappa shape index (κ3) is 3.74. The van der Waals surface area contributed by atoms with Gasteiger partial charge in [0.1, 0.15) is 6.61 Å². The SMILES string of the molecule is CCCC(=O)OCC1OCC(C)O1. The van der Waals surface area contributed by atoms with E-state index in [0.717, 1.165) is 6.42 Å². The second-order valence-electron chi connectivity index (χ2n) is 3.14. The van der Waals surface area contributed by atoms with Crippen LogP contribution in [0.2, 0.25) is 0 Å². The Labute approximate surface area is 78.2 Å². The molecular weight excluding hydrogens is 172 g/mol. The molecule has 1 fully saturated rings. The van der Waals surface area contributed by atoms with E-state index in [1.807, 2.05) is 13.8 Å². The molecule has 0 radical (unpaired) electrons. The molecule has 2 unspecified atom stereocenters. The summed E-state index contributed by atoms with van der Waals surface area (Å²) < 4.78 is 15.4. The Bertz CT molecular complexity index is 169. The van der Waals surface area contributed by atoms with Crippen molar-refractivity contribution in [3.8, 4) is 0 Å². The van der Waals surface area contributed by atoms with Gasteiger partial charge in [-0.1, -0.05) is 6.92 Å². The fourth-order valence-corrected chi connectivity index (χ4v) is 1.11. The standard InChI is InChI=1S/C9H16O4/c1-3-4-8(10)11-6-9-12-5-7(2)13-9/h7,9H,3-6H2,1-2H3. The average Bonchev–Trinajstić information content (AvgIpc) is 2.49. The maximum absolute atomic E-state index is 10.9. The lowest BCUT2D eigenvalue weighted by Crippen LogP contribution is -2.19. The van der Waals surface area contributed by atoms with Gasteiger partial charge in [-0.15, -0.1) is 0 Å². The van der Waals surface area contributed by atoms with Crippen molar-refractivity contribution < 1.29 is 19.0 Å². The molecule has 1 heterocycles. The summed E-state index contributed by atoms with van der Waals surface area (Å²) in [4.78, 5) is 10.9. The molecule has 0 spiro atoms. The van der Waals surface area contributed by atoms with Gasteiger partial charge in [0.25, 0.3) is 0 Å². The predicted molar refractivity (Wildman–Crippen MR) is 46.2 cm³/mol. The lowest BCUT2D eigenvalue weighted by molar-refractivity contribution is -0.157. The number of rotatable bonds is 4. The van der Waals surface area contributed by atoms with Gasteiger partial charge in [-0.2, -0.15) is 0 Å². The summed E-state index contributed by atoms with van der Waals surface area (Å²) in [5, 5.41) is 0. The Morgan fingerprint density at radius 3 is 2.92 bits per heavy atom. The zero-order valence-corrected chi connectivity index (χ0v) is 8.12. The van der Waals surface area contributed by atoms with Crippen LogP contribution in [0.5, 0.6) is 0 Å². The smallest absolute Gasteiger partial charge is 0.305 e. The van der Waals surface area contributed by atoms with Crippen LogP contribution in [0, 0.1) is 0 Å². The van der Waals surface area contributed by atoms with Crippen LogP contribution in [-0.4, -0.2) is 31.6 Å². The number of carbonyl (C=O) groups excluding carboxylic acids is 1. The molecule has 13 heavy (non-hydrogen) atoms. The molecule has 0 amide bonds. The van der Waals surface area contributed by atoms with Crippen LogP contribution in [0.25, 0.3) is 0 Å². The first-order chi connectivity index (χ1) is 6.22. The van der Waals surface area contributed by atoms with Crippen LogP contribution in [0.1, 0.15) is 26.7 Å². The Balaban J connectivity index is 2.09. The van der Waals surface area contributed by atoms with Gasteiger partial charge in [0, 0.05) is 6.42 Å². The van der Waals surface area contributed by atoms with Crippen LogP contribution in [0.4, 0.5) is 0 Å². The molecule has 0 N–H and O–H groups in total. The van der Waals surface area contributed by atoms with Gasteiger partial charge in [0.2, 0.25) is 0 Å². The lowest BCUT2D eigenvalue weighted by Gasteiger charge is -2.09. The number of carbonyl (C=O) groups is 1. The summed E-state index contributed by atoms with van der Waals surface area (Å²) in [6, 6.07) is 0. The molecule has 1 rings (SSSR count). The van der Waals surface area contributed by atoms with Crippen molar-refractivity contribution >= 4 is 5.97 Å². The van der Waals surface area contributed by atoms with Crippen molar-refractivity contribution in [3.05, 3.63) is 0 Å². The topological polar surface area (TPSA) is 44.8 Å². The molecule has 1 saturated heterocycles. The van der Waals surface area contributed by atoms with Crippen molar-refractivity contribution in [2.75, 3.05) is 13.2 Å². The fourth-order valence-electron chi connectivity index (χ4n) is 1.11. The third-order valence-electron chi connectivity index (χ3n) is 1.74. The number of ether oxygens (including phenoxy) is 3. The number of esters is 1. The highest BCUT2D eigenvalue weighted by molar-refractivity contribution is 5.69. The summed E-state index contributed by atoms with van der Waals surface area (Å²) in [6.45, 7) is 4.65. The molecule has 0 aromatic carbocycles. The quantitative estimate of drug-likeness (QED) is 0.619. The maximum atomic E-state index is 10.9. The lowest BCUT2D eigenvalue weighted by atomic mass is 10.3. The van der Waals surface area contributed by atoms with Crippen molar-refractivity contribution in [1.29, 1.82) is 0 Å². The average molecular weight is 188 g/mol. The molecule has 0 saturated carbocycles. The minimum atomic E-state index is -0.365. The Morgan fingerprint density at radius 1 is 1.62 bits per heavy atom. The first-order valence-corrected chi connectivity index (χ1v) is 4.65. The van der Waals surface area contributed by atoms with Crippen LogP contribution in [0.15, 0.2) is 0 Å². The van der Waals surface area contributed by atoms with Crippen molar-refractivity contribution in [1.82, 2.24) is 0 Å². The molecule has 4 heteroatoms. The summed E-state index contributed by atoms with van der Waals surface area (Å²) in [7, 11) is 0. The molecule has 4 nitrogen and oxygen atoms in total. The van der Waals surface area contributed by atoms with Crippen LogP contribution < -0.4 is 0 Å². The largest absolute Gasteiger partial charge is 0.460 e. The Kier molecular flexibility index (Phi) is 4.18. The zero-order valence-electron chi connectivity index (χ0n) is 8.12.